The molecule has 3 aromatic carbocycles. The van der Waals surface area contributed by atoms with Gasteiger partial charge in [-0.15, -0.1) is 0 Å². The summed E-state index contributed by atoms with van der Waals surface area (Å²) in [6.45, 7) is 1.58. The quantitative estimate of drug-likeness (QED) is 0.176. The lowest BCUT2D eigenvalue weighted by atomic mass is 10.2. The molecule has 170 valence electrons. The summed E-state index contributed by atoms with van der Waals surface area (Å²) in [7, 11) is 0. The first-order valence-corrected chi connectivity index (χ1v) is 10.3. The number of rotatable bonds is 11. The second-order valence-electron chi connectivity index (χ2n) is 7.28. The first-order chi connectivity index (χ1) is 15.4. The Labute approximate surface area is 187 Å². The average Bonchev–Trinajstić information content (AvgIpc) is 2.76. The molecule has 0 spiro atoms. The van der Waals surface area contributed by atoms with Gasteiger partial charge in [-0.3, -0.25) is 0 Å². The fourth-order valence-electron chi connectivity index (χ4n) is 3.08. The van der Waals surface area contributed by atoms with Gasteiger partial charge in [-0.1, -0.05) is 6.07 Å². The van der Waals surface area contributed by atoms with Crippen molar-refractivity contribution in [2.24, 2.45) is 5.73 Å². The lowest BCUT2D eigenvalue weighted by Gasteiger charge is -2.23. The van der Waals surface area contributed by atoms with E-state index < -0.39 is 6.23 Å². The van der Waals surface area contributed by atoms with Crippen molar-refractivity contribution >= 4 is 34.1 Å². The van der Waals surface area contributed by atoms with Crippen molar-refractivity contribution in [2.45, 2.75) is 12.6 Å². The molecule has 1 atom stereocenters. The van der Waals surface area contributed by atoms with Gasteiger partial charge in [0.2, 0.25) is 0 Å². The Morgan fingerprint density at radius 2 is 1.44 bits per heavy atom. The van der Waals surface area contributed by atoms with Gasteiger partial charge in [-0.2, -0.15) is 0 Å². The normalized spacial score (nSPS) is 11.5. The van der Waals surface area contributed by atoms with E-state index in [1.165, 1.54) is 0 Å². The van der Waals surface area contributed by atoms with Gasteiger partial charge in [-0.05, 0) is 54.6 Å². The Bertz CT molecular complexity index is 1030. The molecule has 0 bridgehead atoms. The van der Waals surface area contributed by atoms with Crippen LogP contribution in [-0.4, -0.2) is 25.9 Å². The van der Waals surface area contributed by atoms with Gasteiger partial charge in [0, 0.05) is 42.3 Å². The van der Waals surface area contributed by atoms with E-state index in [4.69, 9.17) is 38.1 Å². The first kappa shape index (κ1) is 22.7. The lowest BCUT2D eigenvalue weighted by Crippen LogP contribution is -2.29. The van der Waals surface area contributed by atoms with E-state index in [1.54, 1.807) is 36.4 Å². The van der Waals surface area contributed by atoms with Crippen LogP contribution in [0.3, 0.4) is 0 Å². The van der Waals surface area contributed by atoms with Crippen LogP contribution in [0.25, 0.3) is 0 Å². The molecule has 0 aliphatic carbocycles. The number of ether oxygens (including phenoxy) is 2. The van der Waals surface area contributed by atoms with E-state index in [-0.39, 0.29) is 0 Å². The predicted octanol–water partition coefficient (Wildman–Crippen LogP) is 2.67. The van der Waals surface area contributed by atoms with Gasteiger partial charge < -0.3 is 48.8 Å². The molecular formula is C23H31N7O2. The molecule has 12 N–H and O–H groups in total. The Balaban J connectivity index is 1.71. The molecule has 0 aliphatic rings. The highest BCUT2D eigenvalue weighted by Crippen LogP contribution is 2.27. The molecule has 0 saturated carbocycles. The standard InChI is InChI=1S/C23H31N7O2/c24-9-10-29-17-2-1-3-18(14-17)30-23(32-22-7-5-16(26)13-20(22)28)8-11-31-21-6-4-15(25)12-19(21)27/h1-7,12-14,23,29-30H,8-11,24-28H2. The number of anilines is 6. The number of nitrogens with one attached hydrogen (secondary N) is 2. The van der Waals surface area contributed by atoms with Gasteiger partial charge in [0.1, 0.15) is 11.5 Å². The molecule has 0 aliphatic heterocycles. The Morgan fingerprint density at radius 1 is 0.781 bits per heavy atom. The van der Waals surface area contributed by atoms with Crippen molar-refractivity contribution < 1.29 is 9.47 Å². The third-order valence-electron chi connectivity index (χ3n) is 4.64. The summed E-state index contributed by atoms with van der Waals surface area (Å²) in [5.74, 6) is 1.10. The van der Waals surface area contributed by atoms with Crippen LogP contribution >= 0.6 is 0 Å². The third-order valence-corrected chi connectivity index (χ3v) is 4.64. The molecule has 0 amide bonds. The smallest absolute Gasteiger partial charge is 0.173 e. The number of hydrogen-bond acceptors (Lipinski definition) is 9. The van der Waals surface area contributed by atoms with E-state index in [2.05, 4.69) is 10.6 Å². The number of hydrogen-bond donors (Lipinski definition) is 7. The van der Waals surface area contributed by atoms with Gasteiger partial charge in [-0.25, -0.2) is 0 Å². The molecule has 9 heteroatoms. The van der Waals surface area contributed by atoms with E-state index in [1.807, 2.05) is 24.3 Å². The summed E-state index contributed by atoms with van der Waals surface area (Å²) >= 11 is 0. The molecule has 0 saturated heterocycles. The van der Waals surface area contributed by atoms with Crippen LogP contribution in [0.15, 0.2) is 60.7 Å². The molecule has 3 aromatic rings. The fraction of sp³-hybridized carbons (Fsp3) is 0.217. The van der Waals surface area contributed by atoms with Crippen LogP contribution < -0.4 is 48.8 Å². The summed E-state index contributed by atoms with van der Waals surface area (Å²) in [6, 6.07) is 18.2. The summed E-state index contributed by atoms with van der Waals surface area (Å²) in [5.41, 5.74) is 33.1. The molecule has 9 nitrogen and oxygen atoms in total. The van der Waals surface area contributed by atoms with E-state index >= 15 is 0 Å². The molecule has 0 aromatic heterocycles. The highest BCUT2D eigenvalue weighted by atomic mass is 16.5. The van der Waals surface area contributed by atoms with Gasteiger partial charge in [0.15, 0.2) is 6.23 Å². The van der Waals surface area contributed by atoms with Crippen LogP contribution in [-0.2, 0) is 0 Å². The molecule has 0 fully saturated rings. The van der Waals surface area contributed by atoms with E-state index in [0.717, 1.165) is 11.4 Å². The molecule has 32 heavy (non-hydrogen) atoms. The zero-order valence-corrected chi connectivity index (χ0v) is 17.9. The topological polar surface area (TPSA) is 173 Å². The van der Waals surface area contributed by atoms with Crippen molar-refractivity contribution in [3.63, 3.8) is 0 Å². The highest BCUT2D eigenvalue weighted by molar-refractivity contribution is 5.62. The van der Waals surface area contributed by atoms with Crippen molar-refractivity contribution in [1.29, 1.82) is 0 Å². The summed E-state index contributed by atoms with van der Waals surface area (Å²) in [5, 5.41) is 6.64. The maximum Gasteiger partial charge on any atom is 0.173 e. The fourth-order valence-corrected chi connectivity index (χ4v) is 3.08. The molecular weight excluding hydrogens is 406 g/mol. The van der Waals surface area contributed by atoms with Crippen LogP contribution in [0.1, 0.15) is 6.42 Å². The lowest BCUT2D eigenvalue weighted by molar-refractivity contribution is 0.185. The van der Waals surface area contributed by atoms with E-state index in [9.17, 15) is 0 Å². The Hall–Kier alpha value is -3.98. The largest absolute Gasteiger partial charge is 0.491 e. The minimum absolute atomic E-state index is 0.353. The number of benzene rings is 3. The maximum absolute atomic E-state index is 6.15. The summed E-state index contributed by atoms with van der Waals surface area (Å²) in [4.78, 5) is 0. The van der Waals surface area contributed by atoms with Crippen molar-refractivity contribution in [1.82, 2.24) is 0 Å². The van der Waals surface area contributed by atoms with Crippen molar-refractivity contribution in [2.75, 3.05) is 53.3 Å². The zero-order valence-electron chi connectivity index (χ0n) is 17.9. The Kier molecular flexibility index (Phi) is 7.71. The second kappa shape index (κ2) is 10.9. The molecule has 3 rings (SSSR count). The monoisotopic (exact) mass is 437 g/mol. The highest BCUT2D eigenvalue weighted by Gasteiger charge is 2.14. The SMILES string of the molecule is NCCNc1cccc(NC(CCOc2ccc(N)cc2N)Oc2ccc(N)cc2N)c1. The molecule has 1 unspecified atom stereocenters. The predicted molar refractivity (Wildman–Crippen MR) is 133 cm³/mol. The number of nitrogens with two attached hydrogens (primary N) is 5. The second-order valence-corrected chi connectivity index (χ2v) is 7.28. The van der Waals surface area contributed by atoms with Gasteiger partial charge in [0.25, 0.3) is 0 Å². The molecule has 0 radical (unpaired) electrons. The van der Waals surface area contributed by atoms with Crippen LogP contribution in [0.5, 0.6) is 11.5 Å². The van der Waals surface area contributed by atoms with Crippen LogP contribution in [0.4, 0.5) is 34.1 Å². The maximum atomic E-state index is 6.15. The van der Waals surface area contributed by atoms with Crippen LogP contribution in [0.2, 0.25) is 0 Å². The van der Waals surface area contributed by atoms with Crippen molar-refractivity contribution in [3.8, 4) is 11.5 Å². The third kappa shape index (κ3) is 6.51. The average molecular weight is 438 g/mol. The first-order valence-electron chi connectivity index (χ1n) is 10.3. The minimum atomic E-state index is -0.430. The summed E-state index contributed by atoms with van der Waals surface area (Å²) in [6.07, 6.45) is 0.0781. The van der Waals surface area contributed by atoms with Crippen molar-refractivity contribution in [3.05, 3.63) is 60.7 Å². The van der Waals surface area contributed by atoms with Gasteiger partial charge in [0.05, 0.1) is 18.0 Å². The zero-order chi connectivity index (χ0) is 22.9. The van der Waals surface area contributed by atoms with Gasteiger partial charge >= 0.3 is 0 Å². The molecule has 0 heterocycles. The van der Waals surface area contributed by atoms with Crippen LogP contribution in [0, 0.1) is 0 Å². The Morgan fingerprint density at radius 3 is 2.09 bits per heavy atom. The van der Waals surface area contributed by atoms with E-state index in [0.29, 0.717) is 60.4 Å². The minimum Gasteiger partial charge on any atom is -0.491 e. The summed E-state index contributed by atoms with van der Waals surface area (Å²) < 4.78 is 12.0. The number of nitrogen functional groups attached to an aromatic ring is 4.